The molecule has 0 aliphatic rings. The third-order valence-corrected chi connectivity index (χ3v) is 2.92. The lowest BCUT2D eigenvalue weighted by Crippen LogP contribution is -2.42. The van der Waals surface area contributed by atoms with E-state index in [1.807, 2.05) is 12.1 Å². The molecule has 1 aromatic rings. The number of ether oxygens (including phenoxy) is 1. The van der Waals surface area contributed by atoms with Crippen molar-refractivity contribution >= 4 is 5.97 Å². The summed E-state index contributed by atoms with van der Waals surface area (Å²) in [5.41, 5.74) is 0.955. The number of nitrogens with zero attached hydrogens (tertiary/aromatic N) is 2. The molecule has 0 amide bonds. The van der Waals surface area contributed by atoms with Gasteiger partial charge >= 0.3 is 5.97 Å². The Morgan fingerprint density at radius 2 is 2.11 bits per heavy atom. The molecule has 0 saturated carbocycles. The van der Waals surface area contributed by atoms with E-state index in [0.29, 0.717) is 19.0 Å². The van der Waals surface area contributed by atoms with Crippen molar-refractivity contribution < 1.29 is 14.6 Å². The number of hydrogen-bond acceptors (Lipinski definition) is 4. The molecule has 19 heavy (non-hydrogen) atoms. The molecule has 1 N–H and O–H groups in total. The zero-order valence-electron chi connectivity index (χ0n) is 12.0. The molecule has 0 atom stereocenters. The van der Waals surface area contributed by atoms with Crippen molar-refractivity contribution in [1.29, 1.82) is 0 Å². The Kier molecular flexibility index (Phi) is 5.30. The van der Waals surface area contributed by atoms with Gasteiger partial charge < -0.3 is 9.84 Å². The molecule has 0 aromatic carbocycles. The maximum Gasteiger partial charge on any atom is 0.304 e. The second-order valence-corrected chi connectivity index (χ2v) is 5.44. The maximum atomic E-state index is 10.7. The first-order valence-electron chi connectivity index (χ1n) is 6.28. The van der Waals surface area contributed by atoms with Crippen LogP contribution in [-0.2, 0) is 11.3 Å². The number of rotatable bonds is 6. The van der Waals surface area contributed by atoms with E-state index in [2.05, 4.69) is 30.7 Å². The van der Waals surface area contributed by atoms with E-state index in [9.17, 15) is 4.79 Å². The Bertz CT molecular complexity index is 410. The molecule has 0 bridgehead atoms. The topological polar surface area (TPSA) is 62.7 Å². The van der Waals surface area contributed by atoms with Crippen LogP contribution in [0.25, 0.3) is 0 Å². The molecular formula is C14H22N2O3. The van der Waals surface area contributed by atoms with Crippen LogP contribution in [0.15, 0.2) is 18.3 Å². The van der Waals surface area contributed by atoms with Crippen LogP contribution >= 0.6 is 0 Å². The van der Waals surface area contributed by atoms with Crippen LogP contribution in [0.1, 0.15) is 32.8 Å². The molecule has 0 fully saturated rings. The first-order chi connectivity index (χ1) is 8.82. The van der Waals surface area contributed by atoms with Gasteiger partial charge in [-0.3, -0.25) is 9.69 Å². The summed E-state index contributed by atoms with van der Waals surface area (Å²) in [6.07, 6.45) is 1.90. The summed E-state index contributed by atoms with van der Waals surface area (Å²) in [5.74, 6) is -0.196. The maximum absolute atomic E-state index is 10.7. The van der Waals surface area contributed by atoms with Crippen molar-refractivity contribution in [3.8, 4) is 5.88 Å². The van der Waals surface area contributed by atoms with E-state index in [1.165, 1.54) is 0 Å². The molecular weight excluding hydrogens is 244 g/mol. The fourth-order valence-corrected chi connectivity index (χ4v) is 1.73. The number of aliphatic carboxylic acids is 1. The van der Waals surface area contributed by atoms with Crippen LogP contribution in [0, 0.1) is 0 Å². The number of pyridine rings is 1. The summed E-state index contributed by atoms with van der Waals surface area (Å²) in [7, 11) is 1.58. The average molecular weight is 266 g/mol. The molecule has 0 unspecified atom stereocenters. The Morgan fingerprint density at radius 3 is 2.53 bits per heavy atom. The smallest absolute Gasteiger partial charge is 0.304 e. The average Bonchev–Trinajstić information content (AvgIpc) is 2.33. The molecule has 1 heterocycles. The van der Waals surface area contributed by atoms with Gasteiger partial charge in [0.2, 0.25) is 5.88 Å². The lowest BCUT2D eigenvalue weighted by molar-refractivity contribution is -0.137. The third kappa shape index (κ3) is 5.26. The predicted molar refractivity (Wildman–Crippen MR) is 73.2 cm³/mol. The van der Waals surface area contributed by atoms with E-state index < -0.39 is 5.97 Å². The Morgan fingerprint density at radius 1 is 1.42 bits per heavy atom. The van der Waals surface area contributed by atoms with Crippen molar-refractivity contribution in [2.75, 3.05) is 13.7 Å². The number of methoxy groups -OCH3 is 1. The first kappa shape index (κ1) is 15.4. The van der Waals surface area contributed by atoms with Crippen LogP contribution in [0.5, 0.6) is 5.88 Å². The van der Waals surface area contributed by atoms with Gasteiger partial charge in [-0.05, 0) is 26.3 Å². The minimum absolute atomic E-state index is 0.0879. The van der Waals surface area contributed by atoms with E-state index in [1.54, 1.807) is 13.3 Å². The van der Waals surface area contributed by atoms with Crippen LogP contribution in [0.4, 0.5) is 0 Å². The van der Waals surface area contributed by atoms with Crippen molar-refractivity contribution in [2.24, 2.45) is 0 Å². The standard InChI is InChI=1S/C14H22N2O3/c1-14(2,3)16(8-7-13(17)18)10-11-5-6-12(19-4)15-9-11/h5-6,9H,7-8,10H2,1-4H3,(H,17,18). The molecule has 0 saturated heterocycles. The Hall–Kier alpha value is -1.62. The van der Waals surface area contributed by atoms with Crippen molar-refractivity contribution in [3.63, 3.8) is 0 Å². The van der Waals surface area contributed by atoms with Gasteiger partial charge in [0.15, 0.2) is 0 Å². The highest BCUT2D eigenvalue weighted by molar-refractivity contribution is 5.66. The van der Waals surface area contributed by atoms with Gasteiger partial charge in [0.1, 0.15) is 0 Å². The van der Waals surface area contributed by atoms with E-state index >= 15 is 0 Å². The number of carboxylic acid groups (broad SMARTS) is 1. The van der Waals surface area contributed by atoms with Crippen molar-refractivity contribution in [3.05, 3.63) is 23.9 Å². The SMILES string of the molecule is COc1ccc(CN(CCC(=O)O)C(C)(C)C)cn1. The summed E-state index contributed by atoms with van der Waals surface area (Å²) >= 11 is 0. The second-order valence-electron chi connectivity index (χ2n) is 5.44. The van der Waals surface area contributed by atoms with Crippen molar-refractivity contribution in [1.82, 2.24) is 9.88 Å². The van der Waals surface area contributed by atoms with Gasteiger partial charge in [-0.1, -0.05) is 6.07 Å². The van der Waals surface area contributed by atoms with Gasteiger partial charge in [0.25, 0.3) is 0 Å². The van der Waals surface area contributed by atoms with E-state index in [4.69, 9.17) is 9.84 Å². The molecule has 5 nitrogen and oxygen atoms in total. The first-order valence-corrected chi connectivity index (χ1v) is 6.28. The molecule has 0 radical (unpaired) electrons. The highest BCUT2D eigenvalue weighted by atomic mass is 16.5. The molecule has 0 spiro atoms. The van der Waals surface area contributed by atoms with Gasteiger partial charge in [-0.2, -0.15) is 0 Å². The van der Waals surface area contributed by atoms with E-state index in [-0.39, 0.29) is 12.0 Å². The van der Waals surface area contributed by atoms with Crippen LogP contribution in [0.3, 0.4) is 0 Å². The highest BCUT2D eigenvalue weighted by Gasteiger charge is 2.22. The minimum atomic E-state index is -0.776. The molecule has 5 heteroatoms. The monoisotopic (exact) mass is 266 g/mol. The Labute approximate surface area is 114 Å². The predicted octanol–water partition coefficient (Wildman–Crippen LogP) is 2.17. The molecule has 0 aliphatic heterocycles. The highest BCUT2D eigenvalue weighted by Crippen LogP contribution is 2.18. The number of carboxylic acids is 1. The quantitative estimate of drug-likeness (QED) is 0.855. The van der Waals surface area contributed by atoms with Gasteiger partial charge in [-0.25, -0.2) is 4.98 Å². The summed E-state index contributed by atoms with van der Waals surface area (Å²) in [6, 6.07) is 3.76. The lowest BCUT2D eigenvalue weighted by atomic mass is 10.0. The largest absolute Gasteiger partial charge is 0.481 e. The summed E-state index contributed by atoms with van der Waals surface area (Å²) < 4.78 is 5.02. The summed E-state index contributed by atoms with van der Waals surface area (Å²) in [4.78, 5) is 17.0. The normalized spacial score (nSPS) is 11.6. The fraction of sp³-hybridized carbons (Fsp3) is 0.571. The lowest BCUT2D eigenvalue weighted by Gasteiger charge is -2.35. The van der Waals surface area contributed by atoms with Crippen LogP contribution < -0.4 is 4.74 Å². The molecule has 1 rings (SSSR count). The van der Waals surface area contributed by atoms with Crippen LogP contribution in [0.2, 0.25) is 0 Å². The van der Waals surface area contributed by atoms with Gasteiger partial charge in [0, 0.05) is 30.9 Å². The minimum Gasteiger partial charge on any atom is -0.481 e. The molecule has 0 aliphatic carbocycles. The number of aromatic nitrogens is 1. The summed E-state index contributed by atoms with van der Waals surface area (Å²) in [5, 5.41) is 8.81. The Balaban J connectivity index is 2.72. The van der Waals surface area contributed by atoms with Crippen molar-refractivity contribution in [2.45, 2.75) is 39.3 Å². The molecule has 1 aromatic heterocycles. The zero-order valence-corrected chi connectivity index (χ0v) is 12.0. The second kappa shape index (κ2) is 6.52. The number of carbonyl (C=O) groups is 1. The van der Waals surface area contributed by atoms with Crippen LogP contribution in [-0.4, -0.2) is 40.2 Å². The van der Waals surface area contributed by atoms with Gasteiger partial charge in [0.05, 0.1) is 13.5 Å². The zero-order chi connectivity index (χ0) is 14.5. The van der Waals surface area contributed by atoms with E-state index in [0.717, 1.165) is 5.56 Å². The third-order valence-electron chi connectivity index (χ3n) is 2.92. The summed E-state index contributed by atoms with van der Waals surface area (Å²) in [6.45, 7) is 7.42. The van der Waals surface area contributed by atoms with Gasteiger partial charge in [-0.15, -0.1) is 0 Å². The number of hydrogen-bond donors (Lipinski definition) is 1. The molecule has 106 valence electrons. The fourth-order valence-electron chi connectivity index (χ4n) is 1.73.